The minimum Gasteiger partial charge on any atom is -0.366 e. The minimum atomic E-state index is -0.979. The average Bonchev–Trinajstić information content (AvgIpc) is 2.83. The molecule has 1 saturated heterocycles. The van der Waals surface area contributed by atoms with E-state index in [1.54, 1.807) is 0 Å². The van der Waals surface area contributed by atoms with Gasteiger partial charge in [0.2, 0.25) is 5.91 Å². The van der Waals surface area contributed by atoms with E-state index in [-0.39, 0.29) is 10.5 Å². The lowest BCUT2D eigenvalue weighted by Gasteiger charge is -2.22. The fraction of sp³-hybridized carbons (Fsp3) is 0.429. The van der Waals surface area contributed by atoms with Crippen molar-refractivity contribution in [2.45, 2.75) is 30.6 Å². The van der Waals surface area contributed by atoms with Crippen LogP contribution in [0.2, 0.25) is 0 Å². The van der Waals surface area contributed by atoms with Crippen LogP contribution in [-0.4, -0.2) is 38.1 Å². The number of non-ortho nitro benzene ring substituents is 1. The van der Waals surface area contributed by atoms with Crippen LogP contribution >= 0.6 is 24.0 Å². The number of primary amides is 1. The molecule has 1 aliphatic rings. The number of likely N-dealkylation sites (tertiary alicyclic amines) is 1. The van der Waals surface area contributed by atoms with Crippen molar-refractivity contribution in [1.29, 1.82) is 0 Å². The number of carbonyl (C=O) groups is 1. The van der Waals surface area contributed by atoms with E-state index >= 15 is 0 Å². The molecule has 0 atom stereocenters. The van der Waals surface area contributed by atoms with Crippen LogP contribution < -0.4 is 5.73 Å². The maximum absolute atomic E-state index is 11.7. The Bertz CT molecular complexity index is 697. The largest absolute Gasteiger partial charge is 0.366 e. The average molecular weight is 384 g/mol. The SMILES string of the molecule is NC(=O)c1cc([N+](=O)[O-])cc([N+](=O)[O-])c1SC(=S)N1CCCCCC1. The number of hydrogen-bond donors (Lipinski definition) is 1. The van der Waals surface area contributed by atoms with E-state index in [0.29, 0.717) is 4.32 Å². The van der Waals surface area contributed by atoms with Gasteiger partial charge in [-0.1, -0.05) is 36.8 Å². The van der Waals surface area contributed by atoms with Gasteiger partial charge in [0.25, 0.3) is 11.4 Å². The van der Waals surface area contributed by atoms with Crippen LogP contribution in [0.5, 0.6) is 0 Å². The summed E-state index contributed by atoms with van der Waals surface area (Å²) in [6, 6.07) is 1.77. The Morgan fingerprint density at radius 3 is 2.20 bits per heavy atom. The zero-order valence-corrected chi connectivity index (χ0v) is 14.8. The maximum atomic E-state index is 11.7. The second-order valence-corrected chi connectivity index (χ2v) is 7.13. The first kappa shape index (κ1) is 19.1. The molecule has 0 aliphatic carbocycles. The summed E-state index contributed by atoms with van der Waals surface area (Å²) in [6.07, 6.45) is 4.11. The molecule has 1 aromatic carbocycles. The molecule has 0 saturated carbocycles. The highest BCUT2D eigenvalue weighted by Gasteiger charge is 2.29. The van der Waals surface area contributed by atoms with Crippen molar-refractivity contribution < 1.29 is 14.6 Å². The summed E-state index contributed by atoms with van der Waals surface area (Å²) >= 11 is 6.26. The highest BCUT2D eigenvalue weighted by Crippen LogP contribution is 2.37. The molecule has 1 fully saturated rings. The van der Waals surface area contributed by atoms with Crippen LogP contribution in [-0.2, 0) is 0 Å². The second kappa shape index (κ2) is 8.21. The van der Waals surface area contributed by atoms with Gasteiger partial charge in [0.15, 0.2) is 0 Å². The maximum Gasteiger partial charge on any atom is 0.291 e. The summed E-state index contributed by atoms with van der Waals surface area (Å²) in [7, 11) is 0. The Morgan fingerprint density at radius 1 is 1.12 bits per heavy atom. The van der Waals surface area contributed by atoms with Crippen LogP contribution in [0.1, 0.15) is 36.0 Å². The molecular formula is C14H16N4O5S2. The predicted molar refractivity (Wildman–Crippen MR) is 96.8 cm³/mol. The van der Waals surface area contributed by atoms with Gasteiger partial charge in [-0.3, -0.25) is 25.0 Å². The van der Waals surface area contributed by atoms with Gasteiger partial charge in [0.1, 0.15) is 9.22 Å². The monoisotopic (exact) mass is 384 g/mol. The van der Waals surface area contributed by atoms with Crippen molar-refractivity contribution in [2.75, 3.05) is 13.1 Å². The fourth-order valence-corrected chi connectivity index (χ4v) is 3.96. The molecule has 2 rings (SSSR count). The van der Waals surface area contributed by atoms with Gasteiger partial charge in [-0.2, -0.15) is 0 Å². The van der Waals surface area contributed by atoms with Crippen molar-refractivity contribution >= 4 is 45.6 Å². The number of nitrogens with two attached hydrogens (primary N) is 1. The standard InChI is InChI=1S/C14H16N4O5S2/c15-13(19)10-7-9(17(20)21)8-11(18(22)23)12(10)25-14(24)16-5-3-1-2-4-6-16/h7-8H,1-6H2,(H2,15,19). The first-order valence-electron chi connectivity index (χ1n) is 7.54. The minimum absolute atomic E-state index is 0.0580. The quantitative estimate of drug-likeness (QED) is 0.362. The number of nitrogens with zero attached hydrogens (tertiary/aromatic N) is 3. The first-order valence-corrected chi connectivity index (χ1v) is 8.77. The number of thioether (sulfide) groups is 1. The van der Waals surface area contributed by atoms with Gasteiger partial charge in [0, 0.05) is 19.2 Å². The number of benzene rings is 1. The van der Waals surface area contributed by atoms with Crippen LogP contribution in [0.3, 0.4) is 0 Å². The molecule has 25 heavy (non-hydrogen) atoms. The molecule has 1 aromatic rings. The summed E-state index contributed by atoms with van der Waals surface area (Å²) in [5, 5.41) is 22.3. The highest BCUT2D eigenvalue weighted by atomic mass is 32.2. The predicted octanol–water partition coefficient (Wildman–Crippen LogP) is 2.85. The number of rotatable bonds is 4. The summed E-state index contributed by atoms with van der Waals surface area (Å²) < 4.78 is 0.390. The van der Waals surface area contributed by atoms with Gasteiger partial charge in [-0.25, -0.2) is 0 Å². The summed E-state index contributed by atoms with van der Waals surface area (Å²) in [5.41, 5.74) is 3.89. The number of amides is 1. The van der Waals surface area contributed by atoms with Crippen molar-refractivity contribution in [1.82, 2.24) is 4.90 Å². The van der Waals surface area contributed by atoms with Gasteiger partial charge >= 0.3 is 0 Å². The van der Waals surface area contributed by atoms with E-state index < -0.39 is 27.1 Å². The lowest BCUT2D eigenvalue weighted by atomic mass is 10.1. The Labute approximate surface area is 152 Å². The topological polar surface area (TPSA) is 133 Å². The summed E-state index contributed by atoms with van der Waals surface area (Å²) in [4.78, 5) is 34.3. The first-order chi connectivity index (χ1) is 11.8. The van der Waals surface area contributed by atoms with Gasteiger partial charge in [-0.15, -0.1) is 0 Å². The molecule has 0 aromatic heterocycles. The van der Waals surface area contributed by atoms with Gasteiger partial charge in [0.05, 0.1) is 21.5 Å². The van der Waals surface area contributed by atoms with Gasteiger partial charge in [-0.05, 0) is 12.8 Å². The van der Waals surface area contributed by atoms with Crippen molar-refractivity contribution in [3.63, 3.8) is 0 Å². The van der Waals surface area contributed by atoms with Crippen LogP contribution in [0.4, 0.5) is 11.4 Å². The third-order valence-electron chi connectivity index (χ3n) is 3.78. The van der Waals surface area contributed by atoms with E-state index in [2.05, 4.69) is 0 Å². The lowest BCUT2D eigenvalue weighted by molar-refractivity contribution is -0.396. The molecule has 11 heteroatoms. The normalized spacial score (nSPS) is 14.6. The number of nitro benzene ring substituents is 2. The smallest absolute Gasteiger partial charge is 0.291 e. The number of hydrogen-bond acceptors (Lipinski definition) is 7. The number of thiocarbonyl (C=S) groups is 1. The van der Waals surface area contributed by atoms with E-state index in [1.165, 1.54) is 0 Å². The summed E-state index contributed by atoms with van der Waals surface area (Å²) in [5.74, 6) is -0.979. The molecule has 0 radical (unpaired) electrons. The third kappa shape index (κ3) is 4.63. The molecule has 1 heterocycles. The van der Waals surface area contributed by atoms with Crippen LogP contribution in [0, 0.1) is 20.2 Å². The molecule has 0 unspecified atom stereocenters. The Balaban J connectivity index is 2.43. The third-order valence-corrected chi connectivity index (χ3v) is 5.35. The fourth-order valence-electron chi connectivity index (χ4n) is 2.54. The Morgan fingerprint density at radius 2 is 1.72 bits per heavy atom. The molecule has 2 N–H and O–H groups in total. The molecule has 9 nitrogen and oxygen atoms in total. The molecular weight excluding hydrogens is 368 g/mol. The number of nitro groups is 2. The molecule has 0 bridgehead atoms. The zero-order chi connectivity index (χ0) is 18.6. The number of carbonyl (C=O) groups excluding carboxylic acids is 1. The highest BCUT2D eigenvalue weighted by molar-refractivity contribution is 8.23. The Hall–Kier alpha value is -2.27. The zero-order valence-electron chi connectivity index (χ0n) is 13.2. The van der Waals surface area contributed by atoms with Gasteiger partial charge < -0.3 is 10.6 Å². The van der Waals surface area contributed by atoms with E-state index in [1.807, 2.05) is 4.90 Å². The van der Waals surface area contributed by atoms with Crippen LogP contribution in [0.25, 0.3) is 0 Å². The van der Waals surface area contributed by atoms with Crippen LogP contribution in [0.15, 0.2) is 17.0 Å². The molecule has 134 valence electrons. The van der Waals surface area contributed by atoms with E-state index in [0.717, 1.165) is 62.7 Å². The molecule has 0 spiro atoms. The Kier molecular flexibility index (Phi) is 6.26. The second-order valence-electron chi connectivity index (χ2n) is 5.49. The lowest BCUT2D eigenvalue weighted by Crippen LogP contribution is -2.28. The summed E-state index contributed by atoms with van der Waals surface area (Å²) in [6.45, 7) is 1.47. The van der Waals surface area contributed by atoms with Crippen molar-refractivity contribution in [3.05, 3.63) is 37.9 Å². The van der Waals surface area contributed by atoms with E-state index in [9.17, 15) is 25.0 Å². The molecule has 1 aliphatic heterocycles. The molecule has 1 amide bonds. The van der Waals surface area contributed by atoms with E-state index in [4.69, 9.17) is 18.0 Å². The van der Waals surface area contributed by atoms with Crippen molar-refractivity contribution in [3.8, 4) is 0 Å². The van der Waals surface area contributed by atoms with Crippen molar-refractivity contribution in [2.24, 2.45) is 5.73 Å².